The van der Waals surface area contributed by atoms with Crippen LogP contribution in [-0.4, -0.2) is 25.2 Å². The van der Waals surface area contributed by atoms with Gasteiger partial charge in [0, 0.05) is 19.2 Å². The molecule has 1 atom stereocenters. The molecule has 0 aliphatic carbocycles. The van der Waals surface area contributed by atoms with E-state index in [-0.39, 0.29) is 12.0 Å². The van der Waals surface area contributed by atoms with Crippen molar-refractivity contribution in [2.75, 3.05) is 13.2 Å². The molecule has 19 heavy (non-hydrogen) atoms. The molecule has 3 nitrogen and oxygen atoms in total. The van der Waals surface area contributed by atoms with Crippen LogP contribution in [-0.2, 0) is 9.53 Å². The highest BCUT2D eigenvalue weighted by Gasteiger charge is 2.15. The second-order valence-corrected chi connectivity index (χ2v) is 5.17. The van der Waals surface area contributed by atoms with Crippen LogP contribution in [0.4, 0.5) is 0 Å². The number of carbonyl (C=O) groups is 1. The molecule has 1 aliphatic rings. The predicted octanol–water partition coefficient (Wildman–Crippen LogP) is 3.36. The monoisotopic (exact) mass is 265 g/mol. The number of hydrogen-bond acceptors (Lipinski definition) is 2. The summed E-state index contributed by atoms with van der Waals surface area (Å²) in [6.07, 6.45) is 13.0. The molecule has 3 heteroatoms. The maximum Gasteiger partial charge on any atom is 0.244 e. The minimum absolute atomic E-state index is 0.0220. The number of allylic oxidation sites excluding steroid dienone is 3. The van der Waals surface area contributed by atoms with Gasteiger partial charge < -0.3 is 10.1 Å². The van der Waals surface area contributed by atoms with Gasteiger partial charge in [-0.3, -0.25) is 4.79 Å². The lowest BCUT2D eigenvalue weighted by molar-refractivity contribution is -0.117. The Hall–Kier alpha value is -1.09. The highest BCUT2D eigenvalue weighted by molar-refractivity contribution is 5.88. The molecule has 1 saturated heterocycles. The highest BCUT2D eigenvalue weighted by Crippen LogP contribution is 2.10. The number of ether oxygens (including phenoxy) is 1. The summed E-state index contributed by atoms with van der Waals surface area (Å²) in [6.45, 7) is 5.62. The van der Waals surface area contributed by atoms with Crippen molar-refractivity contribution in [2.24, 2.45) is 0 Å². The Labute approximate surface area is 117 Å². The van der Waals surface area contributed by atoms with Crippen molar-refractivity contribution in [1.82, 2.24) is 5.32 Å². The number of hydrogen-bond donors (Lipinski definition) is 1. The molecule has 0 aromatic rings. The zero-order valence-corrected chi connectivity index (χ0v) is 12.3. The van der Waals surface area contributed by atoms with Crippen LogP contribution in [0.1, 0.15) is 52.4 Å². The second-order valence-electron chi connectivity index (χ2n) is 5.17. The van der Waals surface area contributed by atoms with Gasteiger partial charge in [0.1, 0.15) is 0 Å². The van der Waals surface area contributed by atoms with Gasteiger partial charge in [0.05, 0.1) is 6.10 Å². The molecule has 1 fully saturated rings. The first-order valence-electron chi connectivity index (χ1n) is 7.46. The summed E-state index contributed by atoms with van der Waals surface area (Å²) in [6, 6.07) is 0. The smallest absolute Gasteiger partial charge is 0.244 e. The highest BCUT2D eigenvalue weighted by atomic mass is 16.5. The second kappa shape index (κ2) is 9.79. The maximum atomic E-state index is 11.7. The Bertz CT molecular complexity index is 315. The molecule has 0 bridgehead atoms. The molecular formula is C16H27NO2. The lowest BCUT2D eigenvalue weighted by atomic mass is 10.1. The first-order chi connectivity index (χ1) is 9.22. The van der Waals surface area contributed by atoms with E-state index in [0.29, 0.717) is 6.54 Å². The molecule has 0 aromatic carbocycles. The molecule has 1 rings (SSSR count). The van der Waals surface area contributed by atoms with Crippen LogP contribution in [0.3, 0.4) is 0 Å². The third kappa shape index (κ3) is 7.83. The van der Waals surface area contributed by atoms with Crippen LogP contribution < -0.4 is 5.32 Å². The van der Waals surface area contributed by atoms with Gasteiger partial charge in [-0.25, -0.2) is 0 Å². The minimum atomic E-state index is -0.0220. The van der Waals surface area contributed by atoms with E-state index in [1.165, 1.54) is 19.3 Å². The summed E-state index contributed by atoms with van der Waals surface area (Å²) in [4.78, 5) is 11.7. The Kier molecular flexibility index (Phi) is 8.23. The standard InChI is InChI=1S/C16H27NO2/c1-3-4-5-6-7-9-14(2)12-16(18)17-13-15-10-8-11-19-15/h7,9,12,15H,3-6,8,10-11,13H2,1-2H3,(H,17,18)/b9-7+,14-12+. The first-order valence-corrected chi connectivity index (χ1v) is 7.46. The van der Waals surface area contributed by atoms with Gasteiger partial charge in [-0.2, -0.15) is 0 Å². The van der Waals surface area contributed by atoms with E-state index in [9.17, 15) is 4.79 Å². The Morgan fingerprint density at radius 3 is 2.95 bits per heavy atom. The van der Waals surface area contributed by atoms with E-state index in [1.54, 1.807) is 6.08 Å². The van der Waals surface area contributed by atoms with E-state index >= 15 is 0 Å². The quantitative estimate of drug-likeness (QED) is 0.415. The molecule has 108 valence electrons. The summed E-state index contributed by atoms with van der Waals surface area (Å²) in [7, 11) is 0. The minimum Gasteiger partial charge on any atom is -0.376 e. The molecule has 0 aromatic heterocycles. The van der Waals surface area contributed by atoms with Gasteiger partial charge in [0.15, 0.2) is 0 Å². The third-order valence-electron chi connectivity index (χ3n) is 3.24. The van der Waals surface area contributed by atoms with Crippen molar-refractivity contribution in [3.8, 4) is 0 Å². The van der Waals surface area contributed by atoms with Gasteiger partial charge in [0.2, 0.25) is 5.91 Å². The molecule has 1 N–H and O–H groups in total. The van der Waals surface area contributed by atoms with Crippen molar-refractivity contribution in [3.63, 3.8) is 0 Å². The fourth-order valence-electron chi connectivity index (χ4n) is 2.11. The third-order valence-corrected chi connectivity index (χ3v) is 3.24. The van der Waals surface area contributed by atoms with Gasteiger partial charge in [-0.1, -0.05) is 31.9 Å². The predicted molar refractivity (Wildman–Crippen MR) is 79.0 cm³/mol. The molecule has 1 aliphatic heterocycles. The van der Waals surface area contributed by atoms with Gasteiger partial charge in [-0.05, 0) is 38.2 Å². The average Bonchev–Trinajstić information content (AvgIpc) is 2.89. The maximum absolute atomic E-state index is 11.7. The van der Waals surface area contributed by atoms with Crippen LogP contribution in [0.2, 0.25) is 0 Å². The Balaban J connectivity index is 2.18. The average molecular weight is 265 g/mol. The van der Waals surface area contributed by atoms with Crippen molar-refractivity contribution in [2.45, 2.75) is 58.5 Å². The van der Waals surface area contributed by atoms with E-state index in [2.05, 4.69) is 18.3 Å². The van der Waals surface area contributed by atoms with Crippen molar-refractivity contribution in [1.29, 1.82) is 0 Å². The van der Waals surface area contributed by atoms with E-state index < -0.39 is 0 Å². The molecular weight excluding hydrogens is 238 g/mol. The SMILES string of the molecule is CCCCC/C=C/C(C)=C/C(=O)NCC1CCCO1. The topological polar surface area (TPSA) is 38.3 Å². The molecule has 0 spiro atoms. The van der Waals surface area contributed by atoms with Crippen LogP contribution in [0.25, 0.3) is 0 Å². The van der Waals surface area contributed by atoms with E-state index in [4.69, 9.17) is 4.74 Å². The Morgan fingerprint density at radius 1 is 1.42 bits per heavy atom. The fourth-order valence-corrected chi connectivity index (χ4v) is 2.11. The molecule has 1 unspecified atom stereocenters. The molecule has 0 saturated carbocycles. The first kappa shape index (κ1) is 16.0. The zero-order valence-electron chi connectivity index (χ0n) is 12.3. The van der Waals surface area contributed by atoms with Crippen LogP contribution in [0.15, 0.2) is 23.8 Å². The van der Waals surface area contributed by atoms with Crippen molar-refractivity contribution in [3.05, 3.63) is 23.8 Å². The summed E-state index contributed by atoms with van der Waals surface area (Å²) in [5, 5.41) is 2.89. The van der Waals surface area contributed by atoms with Crippen LogP contribution >= 0.6 is 0 Å². The van der Waals surface area contributed by atoms with E-state index in [0.717, 1.165) is 31.4 Å². The van der Waals surface area contributed by atoms with Crippen molar-refractivity contribution >= 4 is 5.91 Å². The molecule has 0 radical (unpaired) electrons. The van der Waals surface area contributed by atoms with Crippen LogP contribution in [0.5, 0.6) is 0 Å². The number of carbonyl (C=O) groups excluding carboxylic acids is 1. The summed E-state index contributed by atoms with van der Waals surface area (Å²) >= 11 is 0. The van der Waals surface area contributed by atoms with E-state index in [1.807, 2.05) is 13.0 Å². The fraction of sp³-hybridized carbons (Fsp3) is 0.688. The number of amides is 1. The van der Waals surface area contributed by atoms with Gasteiger partial charge >= 0.3 is 0 Å². The summed E-state index contributed by atoms with van der Waals surface area (Å²) in [5.41, 5.74) is 1.00. The largest absolute Gasteiger partial charge is 0.376 e. The number of nitrogens with one attached hydrogen (secondary N) is 1. The lowest BCUT2D eigenvalue weighted by Crippen LogP contribution is -2.30. The van der Waals surface area contributed by atoms with Gasteiger partial charge in [-0.15, -0.1) is 0 Å². The zero-order chi connectivity index (χ0) is 13.9. The summed E-state index contributed by atoms with van der Waals surface area (Å²) in [5.74, 6) is -0.0220. The summed E-state index contributed by atoms with van der Waals surface area (Å²) < 4.78 is 5.46. The lowest BCUT2D eigenvalue weighted by Gasteiger charge is -2.09. The Morgan fingerprint density at radius 2 is 2.26 bits per heavy atom. The van der Waals surface area contributed by atoms with Gasteiger partial charge in [0.25, 0.3) is 0 Å². The number of rotatable bonds is 8. The normalized spacial score (nSPS) is 20.1. The molecule has 1 heterocycles. The molecule has 1 amide bonds. The number of unbranched alkanes of at least 4 members (excludes halogenated alkanes) is 3. The van der Waals surface area contributed by atoms with Crippen LogP contribution in [0, 0.1) is 0 Å². The van der Waals surface area contributed by atoms with Crippen molar-refractivity contribution < 1.29 is 9.53 Å².